The fourth-order valence-corrected chi connectivity index (χ4v) is 7.02. The zero-order valence-electron chi connectivity index (χ0n) is 13.0. The van der Waals surface area contributed by atoms with Gasteiger partial charge in [-0.3, -0.25) is 4.98 Å². The summed E-state index contributed by atoms with van der Waals surface area (Å²) < 4.78 is 0. The van der Waals surface area contributed by atoms with E-state index in [2.05, 4.69) is 33.9 Å². The first-order valence-electron chi connectivity index (χ1n) is 8.66. The van der Waals surface area contributed by atoms with E-state index >= 15 is 0 Å². The Kier molecular flexibility index (Phi) is 3.64. The molecule has 21 heavy (non-hydrogen) atoms. The predicted molar refractivity (Wildman–Crippen MR) is 90.6 cm³/mol. The van der Waals surface area contributed by atoms with Crippen molar-refractivity contribution < 1.29 is 0 Å². The van der Waals surface area contributed by atoms with Gasteiger partial charge in [-0.25, -0.2) is 0 Å². The molecule has 0 radical (unpaired) electrons. The highest BCUT2D eigenvalue weighted by molar-refractivity contribution is 9.09. The van der Waals surface area contributed by atoms with Crippen LogP contribution in [-0.2, 0) is 6.42 Å². The van der Waals surface area contributed by atoms with Gasteiger partial charge in [0.15, 0.2) is 0 Å². The van der Waals surface area contributed by atoms with Crippen LogP contribution in [0.5, 0.6) is 0 Å². The van der Waals surface area contributed by atoms with E-state index in [-0.39, 0.29) is 0 Å². The van der Waals surface area contributed by atoms with Gasteiger partial charge >= 0.3 is 0 Å². The van der Waals surface area contributed by atoms with Crippen LogP contribution in [0.15, 0.2) is 18.3 Å². The number of aromatic nitrogens is 1. The van der Waals surface area contributed by atoms with E-state index in [9.17, 15) is 0 Å². The number of nitrogens with zero attached hydrogens (tertiary/aromatic N) is 1. The van der Waals surface area contributed by atoms with Gasteiger partial charge in [-0.1, -0.05) is 22.0 Å². The van der Waals surface area contributed by atoms with E-state index in [0.717, 1.165) is 24.2 Å². The number of aryl methyl sites for hydroxylation is 1. The van der Waals surface area contributed by atoms with E-state index in [0.29, 0.717) is 10.2 Å². The number of pyridine rings is 1. The molecular formula is C19H26BrN. The van der Waals surface area contributed by atoms with Gasteiger partial charge in [0.2, 0.25) is 0 Å². The Labute approximate surface area is 137 Å². The van der Waals surface area contributed by atoms with Crippen molar-refractivity contribution in [2.24, 2.45) is 23.2 Å². The molecule has 1 nitrogen and oxygen atoms in total. The SMILES string of the molecule is Cc1cccnc1CC(Br)CC12CC3CC(CC(C3)C1)C2. The summed E-state index contributed by atoms with van der Waals surface area (Å²) in [6.45, 7) is 2.19. The highest BCUT2D eigenvalue weighted by Gasteiger charge is 2.51. The van der Waals surface area contributed by atoms with Crippen molar-refractivity contribution in [3.8, 4) is 0 Å². The van der Waals surface area contributed by atoms with Crippen LogP contribution in [0.4, 0.5) is 0 Å². The zero-order valence-corrected chi connectivity index (χ0v) is 14.6. The van der Waals surface area contributed by atoms with Crippen molar-refractivity contribution >= 4 is 15.9 Å². The fourth-order valence-electron chi connectivity index (χ4n) is 6.02. The molecule has 1 atom stereocenters. The van der Waals surface area contributed by atoms with E-state index in [1.54, 1.807) is 19.3 Å². The molecule has 4 fully saturated rings. The van der Waals surface area contributed by atoms with Crippen molar-refractivity contribution in [3.63, 3.8) is 0 Å². The molecule has 0 saturated heterocycles. The van der Waals surface area contributed by atoms with Crippen molar-refractivity contribution in [2.75, 3.05) is 0 Å². The monoisotopic (exact) mass is 347 g/mol. The van der Waals surface area contributed by atoms with Crippen molar-refractivity contribution in [1.29, 1.82) is 0 Å². The maximum Gasteiger partial charge on any atom is 0.0443 e. The average Bonchev–Trinajstić information content (AvgIpc) is 2.39. The summed E-state index contributed by atoms with van der Waals surface area (Å²) in [5.74, 6) is 3.19. The fraction of sp³-hybridized carbons (Fsp3) is 0.737. The van der Waals surface area contributed by atoms with Crippen LogP contribution in [0, 0.1) is 30.1 Å². The molecule has 0 amide bonds. The summed E-state index contributed by atoms with van der Waals surface area (Å²) in [6.07, 6.45) is 13.6. The summed E-state index contributed by atoms with van der Waals surface area (Å²) in [7, 11) is 0. The molecular weight excluding hydrogens is 322 g/mol. The smallest absolute Gasteiger partial charge is 0.0443 e. The lowest BCUT2D eigenvalue weighted by Gasteiger charge is -2.57. The molecule has 0 spiro atoms. The lowest BCUT2D eigenvalue weighted by atomic mass is 9.48. The second kappa shape index (κ2) is 5.37. The predicted octanol–water partition coefficient (Wildman–Crippen LogP) is 5.30. The molecule has 1 unspecified atom stereocenters. The molecule has 114 valence electrons. The van der Waals surface area contributed by atoms with Crippen LogP contribution in [0.25, 0.3) is 0 Å². The number of halogens is 1. The van der Waals surface area contributed by atoms with Crippen LogP contribution >= 0.6 is 15.9 Å². The third-order valence-electron chi connectivity index (χ3n) is 6.35. The Bertz CT molecular complexity index is 489. The largest absolute Gasteiger partial charge is 0.261 e. The Morgan fingerprint density at radius 1 is 1.19 bits per heavy atom. The Morgan fingerprint density at radius 3 is 2.38 bits per heavy atom. The summed E-state index contributed by atoms with van der Waals surface area (Å²) in [5.41, 5.74) is 3.29. The first-order valence-corrected chi connectivity index (χ1v) is 9.58. The highest BCUT2D eigenvalue weighted by atomic mass is 79.9. The summed E-state index contributed by atoms with van der Waals surface area (Å²) in [6, 6.07) is 4.23. The Hall–Kier alpha value is -0.370. The maximum atomic E-state index is 4.58. The molecule has 4 saturated carbocycles. The Balaban J connectivity index is 1.45. The highest BCUT2D eigenvalue weighted by Crippen LogP contribution is 2.62. The molecule has 1 aromatic heterocycles. The molecule has 0 N–H and O–H groups in total. The maximum absolute atomic E-state index is 4.58. The first kappa shape index (κ1) is 14.2. The lowest BCUT2D eigenvalue weighted by molar-refractivity contribution is -0.0569. The molecule has 4 bridgehead atoms. The van der Waals surface area contributed by atoms with Gasteiger partial charge in [-0.15, -0.1) is 0 Å². The van der Waals surface area contributed by atoms with E-state index in [1.165, 1.54) is 36.9 Å². The third kappa shape index (κ3) is 2.81. The van der Waals surface area contributed by atoms with Gasteiger partial charge in [-0.05, 0) is 86.7 Å². The van der Waals surface area contributed by atoms with Crippen molar-refractivity contribution in [3.05, 3.63) is 29.6 Å². The van der Waals surface area contributed by atoms with Crippen LogP contribution in [0.3, 0.4) is 0 Å². The first-order chi connectivity index (χ1) is 10.1. The molecule has 1 aromatic rings. The molecule has 0 aliphatic heterocycles. The molecule has 4 aliphatic carbocycles. The second-order valence-corrected chi connectivity index (χ2v) is 9.49. The standard InChI is InChI=1S/C19H26BrN/c1-13-3-2-4-21-18(13)8-17(20)12-19-9-14-5-15(10-19)7-16(6-14)11-19/h2-4,14-17H,5-12H2,1H3. The molecule has 2 heteroatoms. The third-order valence-corrected chi connectivity index (χ3v) is 7.00. The molecule has 0 aromatic carbocycles. The van der Waals surface area contributed by atoms with Gasteiger partial charge in [-0.2, -0.15) is 0 Å². The number of hydrogen-bond acceptors (Lipinski definition) is 1. The minimum Gasteiger partial charge on any atom is -0.261 e. The normalized spacial score (nSPS) is 38.7. The Morgan fingerprint density at radius 2 is 1.81 bits per heavy atom. The van der Waals surface area contributed by atoms with Gasteiger partial charge in [0.25, 0.3) is 0 Å². The van der Waals surface area contributed by atoms with Gasteiger partial charge < -0.3 is 0 Å². The van der Waals surface area contributed by atoms with E-state index in [1.807, 2.05) is 12.3 Å². The minimum absolute atomic E-state index is 0.599. The average molecular weight is 348 g/mol. The second-order valence-electron chi connectivity index (χ2n) is 8.19. The minimum atomic E-state index is 0.599. The number of rotatable bonds is 4. The number of alkyl halides is 1. The lowest BCUT2D eigenvalue weighted by Crippen LogP contribution is -2.47. The van der Waals surface area contributed by atoms with Crippen LogP contribution < -0.4 is 0 Å². The summed E-state index contributed by atoms with van der Waals surface area (Å²) in [4.78, 5) is 5.18. The summed E-state index contributed by atoms with van der Waals surface area (Å²) in [5, 5.41) is 0. The van der Waals surface area contributed by atoms with Crippen LogP contribution in [-0.4, -0.2) is 9.81 Å². The zero-order chi connectivity index (χ0) is 14.4. The summed E-state index contributed by atoms with van der Waals surface area (Å²) >= 11 is 4.00. The van der Waals surface area contributed by atoms with Gasteiger partial charge in [0, 0.05) is 23.1 Å². The van der Waals surface area contributed by atoms with Crippen LogP contribution in [0.1, 0.15) is 56.2 Å². The molecule has 1 heterocycles. The van der Waals surface area contributed by atoms with Gasteiger partial charge in [0.1, 0.15) is 0 Å². The van der Waals surface area contributed by atoms with Crippen LogP contribution in [0.2, 0.25) is 0 Å². The number of hydrogen-bond donors (Lipinski definition) is 0. The van der Waals surface area contributed by atoms with Crippen molar-refractivity contribution in [1.82, 2.24) is 4.98 Å². The van der Waals surface area contributed by atoms with Gasteiger partial charge in [0.05, 0.1) is 0 Å². The topological polar surface area (TPSA) is 12.9 Å². The van der Waals surface area contributed by atoms with E-state index < -0.39 is 0 Å². The molecule has 5 rings (SSSR count). The van der Waals surface area contributed by atoms with E-state index in [4.69, 9.17) is 0 Å². The molecule has 4 aliphatic rings. The quantitative estimate of drug-likeness (QED) is 0.673. The van der Waals surface area contributed by atoms with Crippen molar-refractivity contribution in [2.45, 2.75) is 63.1 Å².